The molecular formula is C12H14Cl2O4S. The molecule has 1 rings (SSSR count). The molecule has 1 aromatic rings. The molecule has 0 heterocycles. The van der Waals surface area contributed by atoms with Gasteiger partial charge in [0.05, 0.1) is 17.4 Å². The van der Waals surface area contributed by atoms with Crippen LogP contribution in [0.25, 0.3) is 0 Å². The molecule has 0 amide bonds. The van der Waals surface area contributed by atoms with Gasteiger partial charge in [-0.2, -0.15) is 0 Å². The van der Waals surface area contributed by atoms with Crippen molar-refractivity contribution in [2.24, 2.45) is 0 Å². The molecule has 0 bridgehead atoms. The minimum Gasteiger partial charge on any atom is -0.384 e. The average Bonchev–Trinajstić information content (AvgIpc) is 2.34. The first kappa shape index (κ1) is 16.4. The van der Waals surface area contributed by atoms with E-state index in [-0.39, 0.29) is 22.9 Å². The lowest BCUT2D eigenvalue weighted by molar-refractivity contribution is 0.0991. The van der Waals surface area contributed by atoms with Crippen molar-refractivity contribution in [3.05, 3.63) is 33.8 Å². The van der Waals surface area contributed by atoms with Gasteiger partial charge in [-0.25, -0.2) is 8.42 Å². The van der Waals surface area contributed by atoms with Crippen molar-refractivity contribution >= 4 is 38.8 Å². The van der Waals surface area contributed by atoms with Crippen molar-refractivity contribution in [1.29, 1.82) is 0 Å². The highest BCUT2D eigenvalue weighted by atomic mass is 35.5. The van der Waals surface area contributed by atoms with E-state index in [2.05, 4.69) is 0 Å². The number of hydrogen-bond acceptors (Lipinski definition) is 4. The highest BCUT2D eigenvalue weighted by Crippen LogP contribution is 2.23. The maximum atomic E-state index is 12.1. The molecule has 0 radical (unpaired) electrons. The smallest absolute Gasteiger partial charge is 0.182 e. The van der Waals surface area contributed by atoms with Crippen molar-refractivity contribution in [1.82, 2.24) is 0 Å². The fourth-order valence-corrected chi connectivity index (χ4v) is 3.15. The summed E-state index contributed by atoms with van der Waals surface area (Å²) in [4.78, 5) is 12.1. The summed E-state index contributed by atoms with van der Waals surface area (Å²) in [6.45, 7) is 1.40. The summed E-state index contributed by atoms with van der Waals surface area (Å²) < 4.78 is 28.5. The van der Waals surface area contributed by atoms with Crippen LogP contribution in [0.4, 0.5) is 0 Å². The number of Topliss-reactive ketones (excluding diaryl/α,β-unsaturated/α-hetero) is 1. The largest absolute Gasteiger partial charge is 0.384 e. The first-order valence-corrected chi connectivity index (χ1v) is 7.96. The van der Waals surface area contributed by atoms with E-state index in [1.165, 1.54) is 32.2 Å². The number of hydrogen-bond donors (Lipinski definition) is 0. The molecule has 0 aliphatic rings. The van der Waals surface area contributed by atoms with Crippen LogP contribution in [-0.2, 0) is 14.6 Å². The Morgan fingerprint density at radius 1 is 1.37 bits per heavy atom. The second kappa shape index (κ2) is 6.70. The third-order valence-electron chi connectivity index (χ3n) is 2.68. The maximum Gasteiger partial charge on any atom is 0.182 e. The van der Waals surface area contributed by atoms with Crippen LogP contribution in [0.3, 0.4) is 0 Å². The van der Waals surface area contributed by atoms with Crippen LogP contribution in [0.15, 0.2) is 18.2 Å². The number of ether oxygens (including phenoxy) is 1. The molecule has 4 nitrogen and oxygen atoms in total. The van der Waals surface area contributed by atoms with Crippen molar-refractivity contribution in [3.63, 3.8) is 0 Å². The molecular weight excluding hydrogens is 311 g/mol. The monoisotopic (exact) mass is 324 g/mol. The van der Waals surface area contributed by atoms with Crippen LogP contribution in [-0.4, -0.2) is 38.9 Å². The summed E-state index contributed by atoms with van der Waals surface area (Å²) in [5.74, 6) is -0.750. The molecule has 19 heavy (non-hydrogen) atoms. The summed E-state index contributed by atoms with van der Waals surface area (Å²) in [6, 6.07) is 4.33. The Morgan fingerprint density at radius 3 is 2.53 bits per heavy atom. The average molecular weight is 325 g/mol. The van der Waals surface area contributed by atoms with Crippen molar-refractivity contribution < 1.29 is 17.9 Å². The number of carbonyl (C=O) groups excluding carboxylic acids is 1. The van der Waals surface area contributed by atoms with Gasteiger partial charge in [-0.15, -0.1) is 0 Å². The minimum atomic E-state index is -3.56. The topological polar surface area (TPSA) is 60.4 Å². The standard InChI is InChI=1S/C12H14Cl2O4S/c1-8(19(16,17)6-5-18-2)12(15)10-4-3-9(13)7-11(10)14/h3-4,7-8H,5-6H2,1-2H3. The van der Waals surface area contributed by atoms with Crippen molar-refractivity contribution in [2.75, 3.05) is 19.5 Å². The van der Waals surface area contributed by atoms with Crippen molar-refractivity contribution in [2.45, 2.75) is 12.2 Å². The summed E-state index contributed by atoms with van der Waals surface area (Å²) in [6.07, 6.45) is 0. The molecule has 1 atom stereocenters. The quantitative estimate of drug-likeness (QED) is 0.755. The predicted molar refractivity (Wildman–Crippen MR) is 75.9 cm³/mol. The molecule has 7 heteroatoms. The fourth-order valence-electron chi connectivity index (χ4n) is 1.45. The van der Waals surface area contributed by atoms with Gasteiger partial charge in [0.1, 0.15) is 5.25 Å². The number of methoxy groups -OCH3 is 1. The first-order chi connectivity index (χ1) is 8.79. The summed E-state index contributed by atoms with van der Waals surface area (Å²) >= 11 is 11.6. The van der Waals surface area contributed by atoms with E-state index in [1.807, 2.05) is 0 Å². The molecule has 0 fully saturated rings. The zero-order valence-electron chi connectivity index (χ0n) is 10.5. The summed E-state index contributed by atoms with van der Waals surface area (Å²) in [7, 11) is -2.16. The van der Waals surface area contributed by atoms with Gasteiger partial charge in [-0.1, -0.05) is 23.2 Å². The Labute approximate surface area is 122 Å². The van der Waals surface area contributed by atoms with Gasteiger partial charge in [-0.3, -0.25) is 4.79 Å². The highest BCUT2D eigenvalue weighted by Gasteiger charge is 2.29. The third-order valence-corrected chi connectivity index (χ3v) is 5.25. The molecule has 0 spiro atoms. The molecule has 106 valence electrons. The van der Waals surface area contributed by atoms with Gasteiger partial charge < -0.3 is 4.74 Å². The van der Waals surface area contributed by atoms with E-state index in [0.717, 1.165) is 0 Å². The lowest BCUT2D eigenvalue weighted by Crippen LogP contribution is -2.31. The Bertz CT molecular complexity index is 569. The Morgan fingerprint density at radius 2 is 2.00 bits per heavy atom. The van der Waals surface area contributed by atoms with Gasteiger partial charge in [0.25, 0.3) is 0 Å². The van der Waals surface area contributed by atoms with Crippen LogP contribution in [0, 0.1) is 0 Å². The third kappa shape index (κ3) is 4.18. The molecule has 0 saturated carbocycles. The number of benzene rings is 1. The molecule has 1 unspecified atom stereocenters. The number of rotatable bonds is 6. The summed E-state index contributed by atoms with van der Waals surface area (Å²) in [5, 5.41) is -0.635. The van der Waals surface area contributed by atoms with Gasteiger partial charge in [0.2, 0.25) is 0 Å². The van der Waals surface area contributed by atoms with Crippen LogP contribution >= 0.6 is 23.2 Å². The van der Waals surface area contributed by atoms with Gasteiger partial charge in [0.15, 0.2) is 15.6 Å². The first-order valence-electron chi connectivity index (χ1n) is 5.49. The SMILES string of the molecule is COCCS(=O)(=O)C(C)C(=O)c1ccc(Cl)cc1Cl. The zero-order valence-corrected chi connectivity index (χ0v) is 12.8. The van der Waals surface area contributed by atoms with E-state index in [9.17, 15) is 13.2 Å². The Balaban J connectivity index is 3.00. The molecule has 0 aliphatic carbocycles. The molecule has 1 aromatic carbocycles. The fraction of sp³-hybridized carbons (Fsp3) is 0.417. The summed E-state index contributed by atoms with van der Waals surface area (Å²) in [5.41, 5.74) is 0.152. The molecule has 0 saturated heterocycles. The second-order valence-corrected chi connectivity index (χ2v) is 7.28. The normalized spacial score (nSPS) is 13.3. The maximum absolute atomic E-state index is 12.1. The molecule has 0 aliphatic heterocycles. The van der Waals surface area contributed by atoms with Gasteiger partial charge >= 0.3 is 0 Å². The zero-order chi connectivity index (χ0) is 14.6. The van der Waals surface area contributed by atoms with Crippen molar-refractivity contribution in [3.8, 4) is 0 Å². The Kier molecular flexibility index (Phi) is 5.80. The van der Waals surface area contributed by atoms with E-state index >= 15 is 0 Å². The lowest BCUT2D eigenvalue weighted by atomic mass is 10.1. The Hall–Kier alpha value is -0.620. The number of carbonyl (C=O) groups is 1. The minimum absolute atomic E-state index is 0.0499. The second-order valence-electron chi connectivity index (χ2n) is 3.99. The number of sulfone groups is 1. The van der Waals surface area contributed by atoms with Crippen LogP contribution in [0.2, 0.25) is 10.0 Å². The van der Waals surface area contributed by atoms with Crippen LogP contribution < -0.4 is 0 Å². The highest BCUT2D eigenvalue weighted by molar-refractivity contribution is 7.92. The van der Waals surface area contributed by atoms with E-state index in [0.29, 0.717) is 5.02 Å². The van der Waals surface area contributed by atoms with E-state index in [4.69, 9.17) is 27.9 Å². The molecule has 0 aromatic heterocycles. The predicted octanol–water partition coefficient (Wildman–Crippen LogP) is 2.63. The van der Waals surface area contributed by atoms with Crippen LogP contribution in [0.5, 0.6) is 0 Å². The van der Waals surface area contributed by atoms with Gasteiger partial charge in [0, 0.05) is 17.7 Å². The molecule has 0 N–H and O–H groups in total. The number of ketones is 1. The lowest BCUT2D eigenvalue weighted by Gasteiger charge is -2.12. The van der Waals surface area contributed by atoms with Crippen LogP contribution in [0.1, 0.15) is 17.3 Å². The van der Waals surface area contributed by atoms with Gasteiger partial charge in [-0.05, 0) is 25.1 Å². The van der Waals surface area contributed by atoms with E-state index < -0.39 is 20.9 Å². The number of halogens is 2. The van der Waals surface area contributed by atoms with E-state index in [1.54, 1.807) is 0 Å².